The number of unbranched alkanes of at least 4 members (excludes halogenated alkanes) is 3. The molecule has 0 radical (unpaired) electrons. The highest BCUT2D eigenvalue weighted by Gasteiger charge is 2.14. The van der Waals surface area contributed by atoms with Crippen LogP contribution in [0, 0.1) is 10.1 Å². The summed E-state index contributed by atoms with van der Waals surface area (Å²) < 4.78 is 5.29. The zero-order chi connectivity index (χ0) is 14.8. The number of nitro benzene ring substituents is 1. The minimum absolute atomic E-state index is 0.0136. The van der Waals surface area contributed by atoms with Gasteiger partial charge in [-0.2, -0.15) is 0 Å². The van der Waals surface area contributed by atoms with E-state index in [1.165, 1.54) is 6.07 Å². The molecule has 0 aliphatic carbocycles. The number of aliphatic hydroxyl groups excluding tert-OH is 1. The number of benzene rings is 1. The summed E-state index contributed by atoms with van der Waals surface area (Å²) >= 11 is 0. The van der Waals surface area contributed by atoms with E-state index in [-0.39, 0.29) is 12.3 Å². The van der Waals surface area contributed by atoms with Crippen LogP contribution in [0.2, 0.25) is 0 Å². The molecule has 0 aliphatic heterocycles. The number of anilines is 1. The van der Waals surface area contributed by atoms with E-state index >= 15 is 0 Å². The molecule has 0 heterocycles. The van der Waals surface area contributed by atoms with Crippen LogP contribution in [0.15, 0.2) is 18.2 Å². The van der Waals surface area contributed by atoms with Crippen molar-refractivity contribution < 1.29 is 14.8 Å². The van der Waals surface area contributed by atoms with Crippen molar-refractivity contribution in [1.29, 1.82) is 0 Å². The summed E-state index contributed by atoms with van der Waals surface area (Å²) in [7, 11) is 0. The Kier molecular flexibility index (Phi) is 7.42. The average Bonchev–Trinajstić information content (AvgIpc) is 2.43. The normalized spacial score (nSPS) is 10.3. The summed E-state index contributed by atoms with van der Waals surface area (Å²) in [4.78, 5) is 10.4. The van der Waals surface area contributed by atoms with Crippen LogP contribution < -0.4 is 10.1 Å². The van der Waals surface area contributed by atoms with Crippen molar-refractivity contribution in [2.24, 2.45) is 0 Å². The Morgan fingerprint density at radius 1 is 1.30 bits per heavy atom. The zero-order valence-electron chi connectivity index (χ0n) is 11.8. The Labute approximate surface area is 118 Å². The van der Waals surface area contributed by atoms with Gasteiger partial charge in [0.2, 0.25) is 0 Å². The second-order valence-corrected chi connectivity index (χ2v) is 4.44. The van der Waals surface area contributed by atoms with Crippen molar-refractivity contribution in [1.82, 2.24) is 0 Å². The predicted molar refractivity (Wildman–Crippen MR) is 78.3 cm³/mol. The topological polar surface area (TPSA) is 84.6 Å². The molecule has 0 spiro atoms. The molecule has 0 atom stereocenters. The molecule has 0 bridgehead atoms. The van der Waals surface area contributed by atoms with Crippen LogP contribution in [0.25, 0.3) is 0 Å². The molecule has 0 saturated carbocycles. The minimum atomic E-state index is -0.441. The molecular weight excluding hydrogens is 260 g/mol. The number of nitrogens with zero attached hydrogens (tertiary/aromatic N) is 1. The largest absolute Gasteiger partial charge is 0.487 e. The number of ether oxygens (including phenoxy) is 1. The summed E-state index contributed by atoms with van der Waals surface area (Å²) in [5, 5.41) is 22.7. The molecule has 0 unspecified atom stereocenters. The summed E-state index contributed by atoms with van der Waals surface area (Å²) in [6, 6.07) is 4.81. The van der Waals surface area contributed by atoms with Crippen LogP contribution in [0.3, 0.4) is 0 Å². The third-order valence-electron chi connectivity index (χ3n) is 2.87. The molecule has 1 rings (SSSR count). The van der Waals surface area contributed by atoms with Gasteiger partial charge >= 0.3 is 5.69 Å². The van der Waals surface area contributed by atoms with Gasteiger partial charge in [-0.05, 0) is 25.8 Å². The van der Waals surface area contributed by atoms with Crippen molar-refractivity contribution in [3.8, 4) is 5.75 Å². The molecule has 0 aromatic heterocycles. The van der Waals surface area contributed by atoms with Gasteiger partial charge in [0.1, 0.15) is 0 Å². The maximum atomic E-state index is 10.9. The molecule has 6 nitrogen and oxygen atoms in total. The highest BCUT2D eigenvalue weighted by Crippen LogP contribution is 2.30. The van der Waals surface area contributed by atoms with Crippen molar-refractivity contribution in [2.75, 3.05) is 25.1 Å². The molecule has 6 heteroatoms. The Morgan fingerprint density at radius 2 is 2.05 bits per heavy atom. The molecule has 0 fully saturated rings. The second kappa shape index (κ2) is 9.14. The summed E-state index contributed by atoms with van der Waals surface area (Å²) in [5.74, 6) is 0.294. The van der Waals surface area contributed by atoms with E-state index in [9.17, 15) is 10.1 Å². The zero-order valence-corrected chi connectivity index (χ0v) is 11.8. The van der Waals surface area contributed by atoms with Gasteiger partial charge in [-0.15, -0.1) is 0 Å². The van der Waals surface area contributed by atoms with E-state index in [0.717, 1.165) is 37.9 Å². The Morgan fingerprint density at radius 3 is 2.70 bits per heavy atom. The molecule has 20 heavy (non-hydrogen) atoms. The van der Waals surface area contributed by atoms with Gasteiger partial charge in [-0.25, -0.2) is 0 Å². The van der Waals surface area contributed by atoms with Crippen LogP contribution in [0.4, 0.5) is 11.4 Å². The van der Waals surface area contributed by atoms with Gasteiger partial charge in [0, 0.05) is 31.0 Å². The molecular formula is C14H22N2O4. The highest BCUT2D eigenvalue weighted by atomic mass is 16.6. The first-order valence-corrected chi connectivity index (χ1v) is 6.95. The summed E-state index contributed by atoms with van der Waals surface area (Å²) in [6.45, 7) is 3.23. The average molecular weight is 282 g/mol. The molecule has 0 saturated heterocycles. The van der Waals surface area contributed by atoms with Crippen LogP contribution in [0.1, 0.15) is 32.6 Å². The van der Waals surface area contributed by atoms with Gasteiger partial charge in [-0.1, -0.05) is 12.8 Å². The van der Waals surface area contributed by atoms with Gasteiger partial charge in [0.25, 0.3) is 0 Å². The molecule has 2 N–H and O–H groups in total. The van der Waals surface area contributed by atoms with Gasteiger partial charge in [0.15, 0.2) is 5.75 Å². The fraction of sp³-hybridized carbons (Fsp3) is 0.571. The molecule has 1 aromatic carbocycles. The number of rotatable bonds is 10. The Hall–Kier alpha value is -1.82. The molecule has 0 amide bonds. The lowest BCUT2D eigenvalue weighted by molar-refractivity contribution is -0.385. The minimum Gasteiger partial charge on any atom is -0.487 e. The van der Waals surface area contributed by atoms with Crippen LogP contribution in [-0.4, -0.2) is 29.8 Å². The Bertz CT molecular complexity index is 424. The number of nitro groups is 1. The smallest absolute Gasteiger partial charge is 0.311 e. The van der Waals surface area contributed by atoms with Gasteiger partial charge in [0.05, 0.1) is 11.5 Å². The first-order chi connectivity index (χ1) is 9.69. The van der Waals surface area contributed by atoms with Crippen LogP contribution >= 0.6 is 0 Å². The first-order valence-electron chi connectivity index (χ1n) is 6.95. The van der Waals surface area contributed by atoms with Gasteiger partial charge < -0.3 is 15.2 Å². The summed E-state index contributed by atoms with van der Waals surface area (Å²) in [5.41, 5.74) is 0.807. The number of hydrogen-bond donors (Lipinski definition) is 2. The standard InChI is InChI=1S/C14H22N2O4/c1-2-20-14-11-12(7-8-13(14)16(18)19)15-9-5-3-4-6-10-17/h7-8,11,15,17H,2-6,9-10H2,1H3. The SMILES string of the molecule is CCOc1cc(NCCCCCCO)ccc1[N+](=O)[O-]. The van der Waals surface area contributed by atoms with E-state index < -0.39 is 4.92 Å². The third-order valence-corrected chi connectivity index (χ3v) is 2.87. The fourth-order valence-corrected chi connectivity index (χ4v) is 1.87. The molecule has 112 valence electrons. The van der Waals surface area contributed by atoms with E-state index in [4.69, 9.17) is 9.84 Å². The quantitative estimate of drug-likeness (QED) is 0.391. The third kappa shape index (κ3) is 5.44. The lowest BCUT2D eigenvalue weighted by Gasteiger charge is -2.09. The van der Waals surface area contributed by atoms with Crippen molar-refractivity contribution in [3.05, 3.63) is 28.3 Å². The summed E-state index contributed by atoms with van der Waals surface area (Å²) in [6.07, 6.45) is 3.91. The maximum Gasteiger partial charge on any atom is 0.311 e. The van der Waals surface area contributed by atoms with Crippen LogP contribution in [-0.2, 0) is 0 Å². The number of aliphatic hydroxyl groups is 1. The van der Waals surface area contributed by atoms with E-state index in [1.54, 1.807) is 19.1 Å². The van der Waals surface area contributed by atoms with Crippen LogP contribution in [0.5, 0.6) is 5.75 Å². The van der Waals surface area contributed by atoms with Crippen molar-refractivity contribution in [2.45, 2.75) is 32.6 Å². The van der Waals surface area contributed by atoms with Gasteiger partial charge in [-0.3, -0.25) is 10.1 Å². The van der Waals surface area contributed by atoms with E-state index in [0.29, 0.717) is 12.4 Å². The van der Waals surface area contributed by atoms with Crippen molar-refractivity contribution in [3.63, 3.8) is 0 Å². The van der Waals surface area contributed by atoms with Crippen molar-refractivity contribution >= 4 is 11.4 Å². The predicted octanol–water partition coefficient (Wildman–Crippen LogP) is 2.96. The lowest BCUT2D eigenvalue weighted by atomic mass is 10.2. The van der Waals surface area contributed by atoms with E-state index in [2.05, 4.69) is 5.32 Å². The molecule has 0 aliphatic rings. The van der Waals surface area contributed by atoms with E-state index in [1.807, 2.05) is 0 Å². The maximum absolute atomic E-state index is 10.9. The first kappa shape index (κ1) is 16.2. The number of nitrogens with one attached hydrogen (secondary N) is 1. The number of hydrogen-bond acceptors (Lipinski definition) is 5. The molecule has 1 aromatic rings. The monoisotopic (exact) mass is 282 g/mol. The lowest BCUT2D eigenvalue weighted by Crippen LogP contribution is -2.03. The highest BCUT2D eigenvalue weighted by molar-refractivity contribution is 5.57. The Balaban J connectivity index is 2.50. The fourth-order valence-electron chi connectivity index (χ4n) is 1.87. The second-order valence-electron chi connectivity index (χ2n) is 4.44.